The third-order valence-electron chi connectivity index (χ3n) is 3.04. The minimum atomic E-state index is -0.757. The predicted octanol–water partition coefficient (Wildman–Crippen LogP) is 2.51. The largest absolute Gasteiger partial charge is 0.315 e. The zero-order chi connectivity index (χ0) is 13.2. The van der Waals surface area contributed by atoms with Crippen LogP contribution >= 0.6 is 0 Å². The number of para-hydroxylation sites is 2. The third-order valence-corrected chi connectivity index (χ3v) is 3.04. The lowest BCUT2D eigenvalue weighted by Gasteiger charge is -2.07. The molecular formula is C15H12N3O. The van der Waals surface area contributed by atoms with Gasteiger partial charge in [0, 0.05) is 6.54 Å². The smallest absolute Gasteiger partial charge is 0.305 e. The Morgan fingerprint density at radius 1 is 1.05 bits per heavy atom. The van der Waals surface area contributed by atoms with Crippen molar-refractivity contribution in [1.29, 1.82) is 0 Å². The van der Waals surface area contributed by atoms with Crippen molar-refractivity contribution in [1.82, 2.24) is 15.3 Å². The van der Waals surface area contributed by atoms with Crippen molar-refractivity contribution in [3.05, 3.63) is 66.0 Å². The van der Waals surface area contributed by atoms with Gasteiger partial charge in [0.2, 0.25) is 5.82 Å². The van der Waals surface area contributed by atoms with Crippen LogP contribution in [0.2, 0.25) is 0 Å². The van der Waals surface area contributed by atoms with Crippen LogP contribution < -0.4 is 5.73 Å². The number of hydrogen-bond donors (Lipinski definition) is 0. The molecule has 93 valence electrons. The molecule has 4 nitrogen and oxygen atoms in total. The molecule has 3 aromatic rings. The Morgan fingerprint density at radius 3 is 2.47 bits per heavy atom. The highest BCUT2D eigenvalue weighted by molar-refractivity contribution is 5.93. The van der Waals surface area contributed by atoms with Crippen molar-refractivity contribution in [2.75, 3.05) is 0 Å². The first-order valence-corrected chi connectivity index (χ1v) is 6.01. The highest BCUT2D eigenvalue weighted by atomic mass is 16.1. The quantitative estimate of drug-likeness (QED) is 0.717. The lowest BCUT2D eigenvalue weighted by molar-refractivity contribution is 0.0979. The van der Waals surface area contributed by atoms with Gasteiger partial charge in [0.25, 0.3) is 0 Å². The average Bonchev–Trinajstić information content (AvgIpc) is 2.79. The molecule has 0 saturated carbocycles. The number of aromatic nitrogens is 2. The van der Waals surface area contributed by atoms with Crippen molar-refractivity contribution >= 4 is 16.9 Å². The van der Waals surface area contributed by atoms with Crippen LogP contribution in [0.15, 0.2) is 54.6 Å². The van der Waals surface area contributed by atoms with E-state index < -0.39 is 5.91 Å². The summed E-state index contributed by atoms with van der Waals surface area (Å²) < 4.78 is 1.79. The number of nitrogens with one attached hydrogen (secondary N) is 1. The van der Waals surface area contributed by atoms with E-state index in [1.807, 2.05) is 54.6 Å². The summed E-state index contributed by atoms with van der Waals surface area (Å²) in [4.78, 5) is 15.6. The van der Waals surface area contributed by atoms with E-state index in [-0.39, 0.29) is 5.82 Å². The third kappa shape index (κ3) is 2.08. The second-order valence-corrected chi connectivity index (χ2v) is 4.32. The number of fused-ring (bicyclic) bond motifs is 1. The summed E-state index contributed by atoms with van der Waals surface area (Å²) >= 11 is 0. The number of imidazole rings is 1. The number of carbonyl (C=O) groups is 1. The minimum Gasteiger partial charge on any atom is -0.315 e. The predicted molar refractivity (Wildman–Crippen MR) is 72.7 cm³/mol. The Kier molecular flexibility index (Phi) is 2.76. The van der Waals surface area contributed by atoms with E-state index >= 15 is 0 Å². The molecule has 0 fully saturated rings. The van der Waals surface area contributed by atoms with Gasteiger partial charge < -0.3 is 4.57 Å². The lowest BCUT2D eigenvalue weighted by Crippen LogP contribution is -2.11. The first-order valence-electron chi connectivity index (χ1n) is 6.01. The van der Waals surface area contributed by atoms with E-state index in [0.29, 0.717) is 6.54 Å². The van der Waals surface area contributed by atoms with Crippen LogP contribution in [0.25, 0.3) is 11.0 Å². The summed E-state index contributed by atoms with van der Waals surface area (Å²) in [6.07, 6.45) is 0. The fourth-order valence-electron chi connectivity index (χ4n) is 2.17. The highest BCUT2D eigenvalue weighted by Gasteiger charge is 2.15. The van der Waals surface area contributed by atoms with Gasteiger partial charge in [-0.05, 0) is 17.7 Å². The number of nitrogens with zero attached hydrogens (tertiary/aromatic N) is 2. The summed E-state index contributed by atoms with van der Waals surface area (Å²) in [5, 5.41) is 0. The van der Waals surface area contributed by atoms with Gasteiger partial charge in [0.05, 0.1) is 11.0 Å². The Hall–Kier alpha value is -2.62. The summed E-state index contributed by atoms with van der Waals surface area (Å²) in [7, 11) is 0. The average molecular weight is 250 g/mol. The van der Waals surface area contributed by atoms with Crippen molar-refractivity contribution in [3.8, 4) is 0 Å². The van der Waals surface area contributed by atoms with Gasteiger partial charge in [-0.3, -0.25) is 10.5 Å². The molecule has 0 aliphatic heterocycles. The monoisotopic (exact) mass is 250 g/mol. The van der Waals surface area contributed by atoms with Crippen molar-refractivity contribution in [2.24, 2.45) is 0 Å². The number of hydrogen-bond acceptors (Lipinski definition) is 2. The summed E-state index contributed by atoms with van der Waals surface area (Å²) in [5.41, 5.74) is 10.0. The van der Waals surface area contributed by atoms with E-state index in [4.69, 9.17) is 5.73 Å². The molecule has 0 aliphatic rings. The van der Waals surface area contributed by atoms with Gasteiger partial charge in [-0.2, -0.15) is 0 Å². The maximum atomic E-state index is 11.4. The van der Waals surface area contributed by atoms with Crippen LogP contribution in [0.4, 0.5) is 0 Å². The Morgan fingerprint density at radius 2 is 1.74 bits per heavy atom. The molecule has 0 saturated heterocycles. The SMILES string of the molecule is [NH]C(=O)c1nc2ccccc2n1Cc1ccccc1. The maximum absolute atomic E-state index is 11.4. The molecule has 19 heavy (non-hydrogen) atoms. The zero-order valence-electron chi connectivity index (χ0n) is 10.2. The molecule has 0 aliphatic carbocycles. The molecule has 1 amide bonds. The van der Waals surface area contributed by atoms with E-state index in [1.54, 1.807) is 4.57 Å². The molecular weight excluding hydrogens is 238 g/mol. The molecule has 3 rings (SSSR count). The van der Waals surface area contributed by atoms with Gasteiger partial charge in [-0.1, -0.05) is 42.5 Å². The van der Waals surface area contributed by atoms with E-state index in [0.717, 1.165) is 16.6 Å². The Balaban J connectivity index is 2.15. The second-order valence-electron chi connectivity index (χ2n) is 4.32. The molecule has 1 heterocycles. The van der Waals surface area contributed by atoms with E-state index in [2.05, 4.69) is 4.98 Å². The molecule has 1 radical (unpaired) electrons. The van der Waals surface area contributed by atoms with Crippen LogP contribution in [0.1, 0.15) is 16.2 Å². The topological polar surface area (TPSA) is 58.7 Å². The molecule has 1 aromatic heterocycles. The van der Waals surface area contributed by atoms with Gasteiger partial charge >= 0.3 is 5.91 Å². The zero-order valence-corrected chi connectivity index (χ0v) is 10.2. The summed E-state index contributed by atoms with van der Waals surface area (Å²) in [5.74, 6) is -0.572. The van der Waals surface area contributed by atoms with E-state index in [1.165, 1.54) is 0 Å². The number of amides is 1. The van der Waals surface area contributed by atoms with Gasteiger partial charge in [0.1, 0.15) is 0 Å². The molecule has 0 bridgehead atoms. The minimum absolute atomic E-state index is 0.185. The molecule has 1 N–H and O–H groups in total. The van der Waals surface area contributed by atoms with Crippen LogP contribution in [-0.4, -0.2) is 15.5 Å². The number of benzene rings is 2. The molecule has 0 atom stereocenters. The van der Waals surface area contributed by atoms with Crippen molar-refractivity contribution in [3.63, 3.8) is 0 Å². The Bertz CT molecular complexity index is 731. The van der Waals surface area contributed by atoms with Crippen LogP contribution in [0, 0.1) is 0 Å². The summed E-state index contributed by atoms with van der Waals surface area (Å²) in [6, 6.07) is 17.4. The van der Waals surface area contributed by atoms with Crippen LogP contribution in [-0.2, 0) is 6.54 Å². The maximum Gasteiger partial charge on any atom is 0.305 e. The van der Waals surface area contributed by atoms with Gasteiger partial charge in [0.15, 0.2) is 0 Å². The van der Waals surface area contributed by atoms with Crippen molar-refractivity contribution in [2.45, 2.75) is 6.54 Å². The first-order chi connectivity index (χ1) is 9.25. The van der Waals surface area contributed by atoms with Crippen molar-refractivity contribution < 1.29 is 4.79 Å². The summed E-state index contributed by atoms with van der Waals surface area (Å²) in [6.45, 7) is 0.543. The Labute approximate surface area is 110 Å². The fraction of sp³-hybridized carbons (Fsp3) is 0.0667. The lowest BCUT2D eigenvalue weighted by atomic mass is 10.2. The molecule has 0 spiro atoms. The molecule has 0 unspecified atom stereocenters. The fourth-order valence-corrected chi connectivity index (χ4v) is 2.17. The van der Waals surface area contributed by atoms with E-state index in [9.17, 15) is 4.79 Å². The van der Waals surface area contributed by atoms with Crippen LogP contribution in [0.3, 0.4) is 0 Å². The number of carbonyl (C=O) groups excluding carboxylic acids is 1. The first kappa shape index (κ1) is 11.5. The second kappa shape index (κ2) is 4.57. The number of rotatable bonds is 3. The van der Waals surface area contributed by atoms with Gasteiger partial charge in [-0.25, -0.2) is 4.98 Å². The molecule has 4 heteroatoms. The highest BCUT2D eigenvalue weighted by Crippen LogP contribution is 2.17. The molecule has 2 aromatic carbocycles. The van der Waals surface area contributed by atoms with Crippen LogP contribution in [0.5, 0.6) is 0 Å². The normalized spacial score (nSPS) is 10.7. The standard InChI is InChI=1S/C15H12N3O/c16-14(19)15-17-12-8-4-5-9-13(12)18(15)10-11-6-2-1-3-7-11/h1-9,16H,10H2. The van der Waals surface area contributed by atoms with Gasteiger partial charge in [-0.15, -0.1) is 0 Å².